The van der Waals surface area contributed by atoms with Gasteiger partial charge >= 0.3 is 0 Å². The van der Waals surface area contributed by atoms with E-state index in [0.29, 0.717) is 0 Å². The molecular weight excluding hydrogens is 188 g/mol. The Kier molecular flexibility index (Phi) is 3.83. The van der Waals surface area contributed by atoms with E-state index >= 15 is 0 Å². The first kappa shape index (κ1) is 13.0. The van der Waals surface area contributed by atoms with Crippen LogP contribution in [0.1, 0.15) is 60.3 Å². The minimum atomic E-state index is -0.162. The molecule has 2 atom stereocenters. The highest BCUT2D eigenvalue weighted by Gasteiger charge is 2.53. The van der Waals surface area contributed by atoms with Crippen molar-refractivity contribution in [1.29, 1.82) is 0 Å². The summed E-state index contributed by atoms with van der Waals surface area (Å²) in [4.78, 5) is 0. The van der Waals surface area contributed by atoms with Crippen molar-refractivity contribution in [1.82, 2.24) is 0 Å². The SMILES string of the molecule is CCC(C)(C)OC1CC(O)C1(CC)CC. The highest BCUT2D eigenvalue weighted by Crippen LogP contribution is 2.50. The third kappa shape index (κ3) is 2.21. The number of aliphatic hydroxyl groups excluding tert-OH is 1. The van der Waals surface area contributed by atoms with Gasteiger partial charge in [0.2, 0.25) is 0 Å². The van der Waals surface area contributed by atoms with Crippen LogP contribution in [0.2, 0.25) is 0 Å². The minimum Gasteiger partial charge on any atom is -0.392 e. The summed E-state index contributed by atoms with van der Waals surface area (Å²) in [5.74, 6) is 0. The molecule has 1 aliphatic carbocycles. The number of aliphatic hydroxyl groups is 1. The van der Waals surface area contributed by atoms with E-state index in [1.54, 1.807) is 0 Å². The van der Waals surface area contributed by atoms with E-state index in [2.05, 4.69) is 34.6 Å². The summed E-state index contributed by atoms with van der Waals surface area (Å²) >= 11 is 0. The molecule has 0 spiro atoms. The molecule has 1 rings (SSSR count). The van der Waals surface area contributed by atoms with Gasteiger partial charge in [0.1, 0.15) is 0 Å². The first-order valence-corrected chi connectivity index (χ1v) is 6.27. The maximum absolute atomic E-state index is 9.92. The summed E-state index contributed by atoms with van der Waals surface area (Å²) in [5.41, 5.74) is -0.0349. The monoisotopic (exact) mass is 214 g/mol. The van der Waals surface area contributed by atoms with Gasteiger partial charge in [0, 0.05) is 11.8 Å². The summed E-state index contributed by atoms with van der Waals surface area (Å²) in [7, 11) is 0. The van der Waals surface area contributed by atoms with Crippen molar-refractivity contribution < 1.29 is 9.84 Å². The molecule has 1 saturated carbocycles. The highest BCUT2D eigenvalue weighted by molar-refractivity contribution is 5.03. The number of hydrogen-bond acceptors (Lipinski definition) is 2. The third-order valence-electron chi connectivity index (χ3n) is 4.37. The Bertz CT molecular complexity index is 207. The van der Waals surface area contributed by atoms with Crippen LogP contribution in [-0.4, -0.2) is 22.9 Å². The van der Waals surface area contributed by atoms with Gasteiger partial charge in [-0.3, -0.25) is 0 Å². The minimum absolute atomic E-state index is 0.0203. The highest BCUT2D eigenvalue weighted by atomic mass is 16.5. The molecule has 0 aromatic heterocycles. The van der Waals surface area contributed by atoms with E-state index in [1.165, 1.54) is 0 Å². The van der Waals surface area contributed by atoms with Crippen molar-refractivity contribution in [2.24, 2.45) is 5.41 Å². The van der Waals surface area contributed by atoms with E-state index in [9.17, 15) is 5.11 Å². The van der Waals surface area contributed by atoms with Crippen molar-refractivity contribution in [3.63, 3.8) is 0 Å². The smallest absolute Gasteiger partial charge is 0.0687 e. The molecule has 1 fully saturated rings. The normalized spacial score (nSPS) is 30.0. The second-order valence-corrected chi connectivity index (χ2v) is 5.41. The predicted octanol–water partition coefficient (Wildman–Crippen LogP) is 3.13. The zero-order valence-electron chi connectivity index (χ0n) is 10.8. The lowest BCUT2D eigenvalue weighted by atomic mass is 9.60. The first-order chi connectivity index (χ1) is 6.91. The van der Waals surface area contributed by atoms with E-state index in [0.717, 1.165) is 25.7 Å². The molecular formula is C13H26O2. The lowest BCUT2D eigenvalue weighted by Crippen LogP contribution is -2.59. The quantitative estimate of drug-likeness (QED) is 0.762. The van der Waals surface area contributed by atoms with Crippen LogP contribution in [0, 0.1) is 5.41 Å². The molecule has 0 aromatic rings. The lowest BCUT2D eigenvalue weighted by molar-refractivity contribution is -0.233. The van der Waals surface area contributed by atoms with Crippen molar-refractivity contribution in [2.45, 2.75) is 78.1 Å². The largest absolute Gasteiger partial charge is 0.392 e. The molecule has 2 heteroatoms. The van der Waals surface area contributed by atoms with Crippen LogP contribution in [0.3, 0.4) is 0 Å². The molecule has 1 N–H and O–H groups in total. The molecule has 90 valence electrons. The maximum Gasteiger partial charge on any atom is 0.0687 e. The maximum atomic E-state index is 9.92. The first-order valence-electron chi connectivity index (χ1n) is 6.27. The van der Waals surface area contributed by atoms with Gasteiger partial charge in [-0.15, -0.1) is 0 Å². The molecule has 0 radical (unpaired) electrons. The van der Waals surface area contributed by atoms with Crippen molar-refractivity contribution in [2.75, 3.05) is 0 Å². The lowest BCUT2D eigenvalue weighted by Gasteiger charge is -2.54. The van der Waals surface area contributed by atoms with Crippen LogP contribution < -0.4 is 0 Å². The van der Waals surface area contributed by atoms with Gasteiger partial charge in [0.25, 0.3) is 0 Å². The summed E-state index contributed by atoms with van der Waals surface area (Å²) in [5, 5.41) is 9.92. The van der Waals surface area contributed by atoms with Gasteiger partial charge in [-0.25, -0.2) is 0 Å². The van der Waals surface area contributed by atoms with Crippen molar-refractivity contribution >= 4 is 0 Å². The van der Waals surface area contributed by atoms with Gasteiger partial charge < -0.3 is 9.84 Å². The van der Waals surface area contributed by atoms with Gasteiger partial charge in [-0.1, -0.05) is 20.8 Å². The van der Waals surface area contributed by atoms with E-state index < -0.39 is 0 Å². The Morgan fingerprint density at radius 1 is 1.27 bits per heavy atom. The molecule has 2 nitrogen and oxygen atoms in total. The van der Waals surface area contributed by atoms with Gasteiger partial charge in [-0.2, -0.15) is 0 Å². The van der Waals surface area contributed by atoms with Crippen molar-refractivity contribution in [3.8, 4) is 0 Å². The molecule has 15 heavy (non-hydrogen) atoms. The van der Waals surface area contributed by atoms with Crippen LogP contribution in [-0.2, 0) is 4.74 Å². The number of hydrogen-bond donors (Lipinski definition) is 1. The molecule has 0 bridgehead atoms. The Labute approximate surface area is 94.0 Å². The Balaban J connectivity index is 2.65. The van der Waals surface area contributed by atoms with Crippen molar-refractivity contribution in [3.05, 3.63) is 0 Å². The fourth-order valence-electron chi connectivity index (χ4n) is 2.54. The summed E-state index contributed by atoms with van der Waals surface area (Å²) in [6.45, 7) is 10.7. The molecule has 2 unspecified atom stereocenters. The summed E-state index contributed by atoms with van der Waals surface area (Å²) in [6.07, 6.45) is 3.93. The van der Waals surface area contributed by atoms with E-state index in [-0.39, 0.29) is 23.2 Å². The fraction of sp³-hybridized carbons (Fsp3) is 1.00. The molecule has 0 amide bonds. The second-order valence-electron chi connectivity index (χ2n) is 5.41. The van der Waals surface area contributed by atoms with Crippen LogP contribution in [0.5, 0.6) is 0 Å². The zero-order chi connectivity index (χ0) is 11.7. The average Bonchev–Trinajstić information content (AvgIpc) is 2.19. The Morgan fingerprint density at radius 2 is 1.80 bits per heavy atom. The van der Waals surface area contributed by atoms with Gasteiger partial charge in [0.15, 0.2) is 0 Å². The molecule has 0 saturated heterocycles. The third-order valence-corrected chi connectivity index (χ3v) is 4.37. The van der Waals surface area contributed by atoms with E-state index in [4.69, 9.17) is 4.74 Å². The Hall–Kier alpha value is -0.0800. The van der Waals surface area contributed by atoms with Crippen LogP contribution in [0.4, 0.5) is 0 Å². The summed E-state index contributed by atoms with van der Waals surface area (Å²) in [6, 6.07) is 0. The topological polar surface area (TPSA) is 29.5 Å². The van der Waals surface area contributed by atoms with Crippen LogP contribution in [0.25, 0.3) is 0 Å². The molecule has 0 heterocycles. The van der Waals surface area contributed by atoms with E-state index in [1.807, 2.05) is 0 Å². The zero-order valence-corrected chi connectivity index (χ0v) is 10.8. The predicted molar refractivity (Wildman–Crippen MR) is 62.9 cm³/mol. The fourth-order valence-corrected chi connectivity index (χ4v) is 2.54. The number of ether oxygens (including phenoxy) is 1. The standard InChI is InChI=1S/C13H26O2/c1-6-12(4,5)15-11-9-10(14)13(11,7-2)8-3/h10-11,14H,6-9H2,1-5H3. The van der Waals surface area contributed by atoms with Gasteiger partial charge in [-0.05, 0) is 33.1 Å². The van der Waals surface area contributed by atoms with Crippen LogP contribution >= 0.6 is 0 Å². The molecule has 0 aromatic carbocycles. The average molecular weight is 214 g/mol. The Morgan fingerprint density at radius 3 is 2.13 bits per heavy atom. The summed E-state index contributed by atoms with van der Waals surface area (Å²) < 4.78 is 6.13. The van der Waals surface area contributed by atoms with Crippen LogP contribution in [0.15, 0.2) is 0 Å². The molecule has 0 aliphatic heterocycles. The molecule has 1 aliphatic rings. The number of rotatable bonds is 5. The second kappa shape index (κ2) is 4.42. The van der Waals surface area contributed by atoms with Gasteiger partial charge in [0.05, 0.1) is 17.8 Å².